The van der Waals surface area contributed by atoms with Crippen molar-refractivity contribution in [1.82, 2.24) is 9.62 Å². The molecule has 0 radical (unpaired) electrons. The first-order chi connectivity index (χ1) is 8.38. The van der Waals surface area contributed by atoms with Gasteiger partial charge in [0, 0.05) is 23.5 Å². The Balaban J connectivity index is 2.30. The van der Waals surface area contributed by atoms with Gasteiger partial charge in [0.1, 0.15) is 4.21 Å². The molecule has 102 valence electrons. The summed E-state index contributed by atoms with van der Waals surface area (Å²) in [6.07, 6.45) is 1.88. The molecule has 1 aliphatic heterocycles. The van der Waals surface area contributed by atoms with Crippen LogP contribution in [0.15, 0.2) is 16.3 Å². The Bertz CT molecular complexity index is 520. The van der Waals surface area contributed by atoms with Crippen LogP contribution in [-0.4, -0.2) is 31.9 Å². The summed E-state index contributed by atoms with van der Waals surface area (Å²) in [5, 5.41) is 3.04. The Morgan fingerprint density at radius 2 is 2.17 bits per heavy atom. The number of rotatable bonds is 4. The third-order valence-corrected chi connectivity index (χ3v) is 7.02. The fraction of sp³-hybridized carbons (Fsp3) is 0.667. The molecule has 1 aromatic heterocycles. The fourth-order valence-corrected chi connectivity index (χ4v) is 5.73. The van der Waals surface area contributed by atoms with Gasteiger partial charge in [0.25, 0.3) is 10.0 Å². The summed E-state index contributed by atoms with van der Waals surface area (Å²) in [6, 6.07) is 3.61. The maximum atomic E-state index is 12.6. The van der Waals surface area contributed by atoms with Gasteiger partial charge in [-0.25, -0.2) is 8.42 Å². The van der Waals surface area contributed by atoms with Crippen molar-refractivity contribution in [3.63, 3.8) is 0 Å². The molecule has 0 spiro atoms. The highest BCUT2D eigenvalue weighted by Gasteiger charge is 2.41. The van der Waals surface area contributed by atoms with Crippen LogP contribution in [0, 0.1) is 0 Å². The molecule has 0 aromatic carbocycles. The second kappa shape index (κ2) is 4.92. The molecule has 1 aromatic rings. The average Bonchev–Trinajstić information content (AvgIpc) is 2.85. The van der Waals surface area contributed by atoms with Crippen molar-refractivity contribution < 1.29 is 8.42 Å². The van der Waals surface area contributed by atoms with Crippen molar-refractivity contribution in [3.05, 3.63) is 17.0 Å². The SMILES string of the molecule is CNCc1ccc(S(=O)(=O)N2CCCC2(C)C)s1. The molecule has 4 nitrogen and oxygen atoms in total. The van der Waals surface area contributed by atoms with Gasteiger partial charge in [0.2, 0.25) is 0 Å². The Kier molecular flexibility index (Phi) is 3.82. The first kappa shape index (κ1) is 14.0. The van der Waals surface area contributed by atoms with E-state index in [2.05, 4.69) is 5.32 Å². The summed E-state index contributed by atoms with van der Waals surface area (Å²) < 4.78 is 27.3. The second-order valence-electron chi connectivity index (χ2n) is 5.24. The average molecular weight is 288 g/mol. The molecule has 0 aliphatic carbocycles. The van der Waals surface area contributed by atoms with Gasteiger partial charge in [-0.05, 0) is 45.9 Å². The molecule has 18 heavy (non-hydrogen) atoms. The van der Waals surface area contributed by atoms with E-state index in [0.29, 0.717) is 17.3 Å². The van der Waals surface area contributed by atoms with E-state index in [1.54, 1.807) is 10.4 Å². The predicted molar refractivity (Wildman–Crippen MR) is 74.3 cm³/mol. The highest BCUT2D eigenvalue weighted by Crippen LogP contribution is 2.35. The monoisotopic (exact) mass is 288 g/mol. The molecule has 2 rings (SSSR count). The highest BCUT2D eigenvalue weighted by atomic mass is 32.2. The minimum absolute atomic E-state index is 0.258. The van der Waals surface area contributed by atoms with Gasteiger partial charge >= 0.3 is 0 Å². The van der Waals surface area contributed by atoms with E-state index in [9.17, 15) is 8.42 Å². The number of nitrogens with one attached hydrogen (secondary N) is 1. The largest absolute Gasteiger partial charge is 0.315 e. The minimum Gasteiger partial charge on any atom is -0.315 e. The van der Waals surface area contributed by atoms with E-state index in [4.69, 9.17) is 0 Å². The van der Waals surface area contributed by atoms with Crippen molar-refractivity contribution in [2.24, 2.45) is 0 Å². The quantitative estimate of drug-likeness (QED) is 0.922. The van der Waals surface area contributed by atoms with E-state index < -0.39 is 10.0 Å². The molecule has 6 heteroatoms. The summed E-state index contributed by atoms with van der Waals surface area (Å²) >= 11 is 1.36. The van der Waals surface area contributed by atoms with E-state index in [1.165, 1.54) is 11.3 Å². The van der Waals surface area contributed by atoms with Gasteiger partial charge < -0.3 is 5.32 Å². The molecule has 0 unspecified atom stereocenters. The third-order valence-electron chi connectivity index (χ3n) is 3.36. The predicted octanol–water partition coefficient (Wildman–Crippen LogP) is 2.03. The topological polar surface area (TPSA) is 49.4 Å². The molecule has 1 fully saturated rings. The number of hydrogen-bond acceptors (Lipinski definition) is 4. The van der Waals surface area contributed by atoms with Crippen LogP contribution in [0.2, 0.25) is 0 Å². The van der Waals surface area contributed by atoms with Gasteiger partial charge in [-0.3, -0.25) is 0 Å². The van der Waals surface area contributed by atoms with E-state index >= 15 is 0 Å². The molecule has 0 amide bonds. The lowest BCUT2D eigenvalue weighted by molar-refractivity contribution is 0.292. The standard InChI is InChI=1S/C12H20N2O2S2/c1-12(2)7-4-8-14(12)18(15,16)11-6-5-10(17-11)9-13-3/h5-6,13H,4,7-9H2,1-3H3. The zero-order valence-corrected chi connectivity index (χ0v) is 12.7. The first-order valence-corrected chi connectivity index (χ1v) is 8.40. The van der Waals surface area contributed by atoms with Crippen LogP contribution in [0.3, 0.4) is 0 Å². The highest BCUT2D eigenvalue weighted by molar-refractivity contribution is 7.91. The summed E-state index contributed by atoms with van der Waals surface area (Å²) in [5.41, 5.74) is -0.258. The van der Waals surface area contributed by atoms with Crippen molar-refractivity contribution in [1.29, 1.82) is 0 Å². The van der Waals surface area contributed by atoms with Crippen molar-refractivity contribution in [2.45, 2.75) is 43.0 Å². The van der Waals surface area contributed by atoms with Crippen LogP contribution < -0.4 is 5.32 Å². The fourth-order valence-electron chi connectivity index (χ4n) is 2.40. The second-order valence-corrected chi connectivity index (χ2v) is 8.50. The summed E-state index contributed by atoms with van der Waals surface area (Å²) in [7, 11) is -1.46. The minimum atomic E-state index is -3.32. The molecule has 1 saturated heterocycles. The lowest BCUT2D eigenvalue weighted by Crippen LogP contribution is -2.42. The Hall–Kier alpha value is -0.430. The molecular weight excluding hydrogens is 268 g/mol. The van der Waals surface area contributed by atoms with Crippen LogP contribution in [-0.2, 0) is 16.6 Å². The number of nitrogens with zero attached hydrogens (tertiary/aromatic N) is 1. The summed E-state index contributed by atoms with van der Waals surface area (Å²) in [4.78, 5) is 1.05. The van der Waals surface area contributed by atoms with Crippen LogP contribution in [0.1, 0.15) is 31.6 Å². The smallest absolute Gasteiger partial charge is 0.253 e. The number of thiophene rings is 1. The van der Waals surface area contributed by atoms with Crippen molar-refractivity contribution >= 4 is 21.4 Å². The molecule has 0 saturated carbocycles. The maximum absolute atomic E-state index is 12.6. The van der Waals surface area contributed by atoms with E-state index in [0.717, 1.165) is 17.7 Å². The van der Waals surface area contributed by atoms with Crippen molar-refractivity contribution in [2.75, 3.05) is 13.6 Å². The molecule has 1 aliphatic rings. The van der Waals surface area contributed by atoms with Gasteiger partial charge in [0.05, 0.1) is 0 Å². The van der Waals surface area contributed by atoms with Gasteiger partial charge in [-0.2, -0.15) is 4.31 Å². The van der Waals surface area contributed by atoms with Gasteiger partial charge in [-0.1, -0.05) is 0 Å². The van der Waals surface area contributed by atoms with Crippen LogP contribution in [0.4, 0.5) is 0 Å². The summed E-state index contributed by atoms with van der Waals surface area (Å²) in [6.45, 7) is 5.34. The Morgan fingerprint density at radius 3 is 2.72 bits per heavy atom. The zero-order valence-electron chi connectivity index (χ0n) is 11.1. The Labute approximate surface area is 113 Å². The molecule has 2 heterocycles. The Morgan fingerprint density at radius 1 is 1.44 bits per heavy atom. The third kappa shape index (κ3) is 2.47. The lowest BCUT2D eigenvalue weighted by atomic mass is 10.0. The summed E-state index contributed by atoms with van der Waals surface area (Å²) in [5.74, 6) is 0. The van der Waals surface area contributed by atoms with E-state index in [-0.39, 0.29) is 5.54 Å². The normalized spacial score (nSPS) is 20.4. The lowest BCUT2D eigenvalue weighted by Gasteiger charge is -2.29. The van der Waals surface area contributed by atoms with Crippen molar-refractivity contribution in [3.8, 4) is 0 Å². The zero-order chi connectivity index (χ0) is 13.4. The molecule has 0 bridgehead atoms. The first-order valence-electron chi connectivity index (χ1n) is 6.14. The number of hydrogen-bond donors (Lipinski definition) is 1. The molecule has 0 atom stereocenters. The van der Waals surface area contributed by atoms with Gasteiger partial charge in [0.15, 0.2) is 0 Å². The molecule has 1 N–H and O–H groups in total. The maximum Gasteiger partial charge on any atom is 0.253 e. The van der Waals surface area contributed by atoms with Crippen LogP contribution >= 0.6 is 11.3 Å². The molecular formula is C12H20N2O2S2. The van der Waals surface area contributed by atoms with Crippen LogP contribution in [0.25, 0.3) is 0 Å². The van der Waals surface area contributed by atoms with Gasteiger partial charge in [-0.15, -0.1) is 11.3 Å². The van der Waals surface area contributed by atoms with E-state index in [1.807, 2.05) is 27.0 Å². The van der Waals surface area contributed by atoms with Crippen LogP contribution in [0.5, 0.6) is 0 Å². The number of sulfonamides is 1.